The largest absolute Gasteiger partial charge is 0.469 e. The molecule has 0 aliphatic carbocycles. The molecule has 0 saturated carbocycles. The highest BCUT2D eigenvalue weighted by molar-refractivity contribution is 5.85. The first-order chi connectivity index (χ1) is 8.78. The molecule has 1 aliphatic rings. The second-order valence-electron chi connectivity index (χ2n) is 4.86. The Morgan fingerprint density at radius 1 is 1.47 bits per heavy atom. The minimum Gasteiger partial charge on any atom is -0.469 e. The number of esters is 1. The third-order valence-corrected chi connectivity index (χ3v) is 3.52. The van der Waals surface area contributed by atoms with Crippen LogP contribution in [0.2, 0.25) is 0 Å². The van der Waals surface area contributed by atoms with Crippen molar-refractivity contribution in [2.45, 2.75) is 25.8 Å². The number of hydrogen-bond donors (Lipinski definition) is 0. The first kappa shape index (κ1) is 15.9. The van der Waals surface area contributed by atoms with Crippen molar-refractivity contribution in [2.75, 3.05) is 20.2 Å². The standard InChI is InChI=1S/C14H20N2O2.ClH/c1-18-14(17)9-12-4-7-16(8-5-12)11-13-3-2-6-15-10-13;/h2-3,6,10,12H,4-5,7-9,11H2,1H3;1H. The third kappa shape index (κ3) is 5.17. The molecule has 0 radical (unpaired) electrons. The molecule has 1 fully saturated rings. The summed E-state index contributed by atoms with van der Waals surface area (Å²) in [5.41, 5.74) is 1.25. The van der Waals surface area contributed by atoms with Gasteiger partial charge in [0.15, 0.2) is 0 Å². The van der Waals surface area contributed by atoms with Crippen LogP contribution in [0.1, 0.15) is 24.8 Å². The molecule has 1 aromatic heterocycles. The monoisotopic (exact) mass is 284 g/mol. The van der Waals surface area contributed by atoms with Gasteiger partial charge in [-0.2, -0.15) is 0 Å². The fourth-order valence-corrected chi connectivity index (χ4v) is 2.42. The smallest absolute Gasteiger partial charge is 0.305 e. The number of methoxy groups -OCH3 is 1. The maximum atomic E-state index is 11.2. The molecule has 5 heteroatoms. The van der Waals surface area contributed by atoms with E-state index >= 15 is 0 Å². The Hall–Kier alpha value is -1.13. The molecule has 0 atom stereocenters. The number of piperidine rings is 1. The molecule has 0 amide bonds. The lowest BCUT2D eigenvalue weighted by molar-refractivity contribution is -0.142. The maximum absolute atomic E-state index is 11.2. The summed E-state index contributed by atoms with van der Waals surface area (Å²) in [4.78, 5) is 17.8. The molecule has 2 heterocycles. The van der Waals surface area contributed by atoms with E-state index in [9.17, 15) is 4.79 Å². The van der Waals surface area contributed by atoms with Crippen LogP contribution >= 0.6 is 12.4 Å². The van der Waals surface area contributed by atoms with Crippen LogP contribution in [0.15, 0.2) is 24.5 Å². The number of likely N-dealkylation sites (tertiary alicyclic amines) is 1. The lowest BCUT2D eigenvalue weighted by Crippen LogP contribution is -2.34. The molecule has 1 saturated heterocycles. The zero-order valence-corrected chi connectivity index (χ0v) is 12.1. The first-order valence-electron chi connectivity index (χ1n) is 6.46. The Morgan fingerprint density at radius 2 is 2.21 bits per heavy atom. The van der Waals surface area contributed by atoms with E-state index in [1.807, 2.05) is 12.3 Å². The SMILES string of the molecule is COC(=O)CC1CCN(Cc2cccnc2)CC1.Cl. The van der Waals surface area contributed by atoms with Gasteiger partial charge in [-0.25, -0.2) is 0 Å². The van der Waals surface area contributed by atoms with Gasteiger partial charge < -0.3 is 4.74 Å². The van der Waals surface area contributed by atoms with Crippen molar-refractivity contribution < 1.29 is 9.53 Å². The van der Waals surface area contributed by atoms with E-state index in [1.54, 1.807) is 6.20 Å². The van der Waals surface area contributed by atoms with Crippen molar-refractivity contribution >= 4 is 18.4 Å². The number of nitrogens with zero attached hydrogens (tertiary/aromatic N) is 2. The molecule has 0 unspecified atom stereocenters. The van der Waals surface area contributed by atoms with Gasteiger partial charge in [0.2, 0.25) is 0 Å². The molecule has 0 bridgehead atoms. The second-order valence-corrected chi connectivity index (χ2v) is 4.86. The molecule has 2 rings (SSSR count). The lowest BCUT2D eigenvalue weighted by Gasteiger charge is -2.31. The number of halogens is 1. The summed E-state index contributed by atoms with van der Waals surface area (Å²) in [5, 5.41) is 0. The van der Waals surface area contributed by atoms with E-state index in [-0.39, 0.29) is 18.4 Å². The second kappa shape index (κ2) is 8.12. The summed E-state index contributed by atoms with van der Waals surface area (Å²) in [6, 6.07) is 4.08. The van der Waals surface area contributed by atoms with Gasteiger partial charge >= 0.3 is 5.97 Å². The van der Waals surface area contributed by atoms with Gasteiger partial charge in [0.1, 0.15) is 0 Å². The summed E-state index contributed by atoms with van der Waals surface area (Å²) in [5.74, 6) is 0.406. The van der Waals surface area contributed by atoms with Gasteiger partial charge in [-0.1, -0.05) is 6.07 Å². The highest BCUT2D eigenvalue weighted by Crippen LogP contribution is 2.21. The van der Waals surface area contributed by atoms with Crippen LogP contribution in [0.3, 0.4) is 0 Å². The molecule has 1 aromatic rings. The lowest BCUT2D eigenvalue weighted by atomic mass is 9.93. The zero-order chi connectivity index (χ0) is 12.8. The van der Waals surface area contributed by atoms with Crippen molar-refractivity contribution in [3.05, 3.63) is 30.1 Å². The Labute approximate surface area is 120 Å². The number of rotatable bonds is 4. The fraction of sp³-hybridized carbons (Fsp3) is 0.571. The van der Waals surface area contributed by atoms with Crippen LogP contribution in [-0.4, -0.2) is 36.1 Å². The van der Waals surface area contributed by atoms with Gasteiger partial charge in [0.05, 0.1) is 7.11 Å². The summed E-state index contributed by atoms with van der Waals surface area (Å²) < 4.78 is 4.71. The van der Waals surface area contributed by atoms with Crippen LogP contribution in [-0.2, 0) is 16.1 Å². The van der Waals surface area contributed by atoms with E-state index in [1.165, 1.54) is 12.7 Å². The van der Waals surface area contributed by atoms with E-state index in [0.717, 1.165) is 32.5 Å². The van der Waals surface area contributed by atoms with E-state index in [2.05, 4.69) is 16.0 Å². The van der Waals surface area contributed by atoms with E-state index < -0.39 is 0 Å². The number of hydrogen-bond acceptors (Lipinski definition) is 4. The van der Waals surface area contributed by atoms with Crippen molar-refractivity contribution in [1.29, 1.82) is 0 Å². The number of pyridine rings is 1. The topological polar surface area (TPSA) is 42.4 Å². The highest BCUT2D eigenvalue weighted by atomic mass is 35.5. The van der Waals surface area contributed by atoms with Crippen LogP contribution in [0.4, 0.5) is 0 Å². The van der Waals surface area contributed by atoms with E-state index in [0.29, 0.717) is 12.3 Å². The quantitative estimate of drug-likeness (QED) is 0.796. The molecule has 1 aliphatic heterocycles. The van der Waals surface area contributed by atoms with Crippen molar-refractivity contribution in [1.82, 2.24) is 9.88 Å². The van der Waals surface area contributed by atoms with Gasteiger partial charge in [-0.05, 0) is 43.5 Å². The van der Waals surface area contributed by atoms with Crippen LogP contribution in [0.25, 0.3) is 0 Å². The van der Waals surface area contributed by atoms with Crippen LogP contribution in [0, 0.1) is 5.92 Å². The summed E-state index contributed by atoms with van der Waals surface area (Å²) in [6.07, 6.45) is 6.44. The summed E-state index contributed by atoms with van der Waals surface area (Å²) in [6.45, 7) is 3.06. The predicted octanol–water partition coefficient (Wildman–Crippen LogP) is 2.28. The van der Waals surface area contributed by atoms with Crippen LogP contribution < -0.4 is 0 Å². The summed E-state index contributed by atoms with van der Waals surface area (Å²) in [7, 11) is 1.46. The Morgan fingerprint density at radius 3 is 2.79 bits per heavy atom. The van der Waals surface area contributed by atoms with Gasteiger partial charge in [-0.3, -0.25) is 14.7 Å². The molecule has 19 heavy (non-hydrogen) atoms. The Bertz CT molecular complexity index is 378. The number of ether oxygens (including phenoxy) is 1. The molecule has 0 aromatic carbocycles. The highest BCUT2D eigenvalue weighted by Gasteiger charge is 2.21. The third-order valence-electron chi connectivity index (χ3n) is 3.52. The summed E-state index contributed by atoms with van der Waals surface area (Å²) >= 11 is 0. The van der Waals surface area contributed by atoms with E-state index in [4.69, 9.17) is 4.74 Å². The minimum absolute atomic E-state index is 0. The van der Waals surface area contributed by atoms with Gasteiger partial charge in [-0.15, -0.1) is 12.4 Å². The molecule has 0 N–H and O–H groups in total. The average molecular weight is 285 g/mol. The molecule has 106 valence electrons. The normalized spacial score (nSPS) is 16.7. The van der Waals surface area contributed by atoms with Crippen molar-refractivity contribution in [3.63, 3.8) is 0 Å². The predicted molar refractivity (Wildman–Crippen MR) is 76.1 cm³/mol. The Balaban J connectivity index is 0.00000180. The average Bonchev–Trinajstić information content (AvgIpc) is 2.42. The van der Waals surface area contributed by atoms with Crippen molar-refractivity contribution in [3.8, 4) is 0 Å². The van der Waals surface area contributed by atoms with Crippen LogP contribution in [0.5, 0.6) is 0 Å². The Kier molecular flexibility index (Phi) is 6.81. The fourth-order valence-electron chi connectivity index (χ4n) is 2.42. The molecule has 4 nitrogen and oxygen atoms in total. The van der Waals surface area contributed by atoms with Gasteiger partial charge in [0.25, 0.3) is 0 Å². The number of carbonyl (C=O) groups excluding carboxylic acids is 1. The minimum atomic E-state index is -0.0827. The zero-order valence-electron chi connectivity index (χ0n) is 11.2. The van der Waals surface area contributed by atoms with Gasteiger partial charge in [0, 0.05) is 25.4 Å². The first-order valence-corrected chi connectivity index (χ1v) is 6.46. The molecular weight excluding hydrogens is 264 g/mol. The maximum Gasteiger partial charge on any atom is 0.305 e. The number of carbonyl (C=O) groups is 1. The molecule has 0 spiro atoms. The molecular formula is C14H21ClN2O2. The van der Waals surface area contributed by atoms with Crippen molar-refractivity contribution in [2.24, 2.45) is 5.92 Å². The number of aromatic nitrogens is 1.